The molecule has 23 rings (SSSR count). The van der Waals surface area contributed by atoms with E-state index in [-0.39, 0.29) is 0 Å². The Morgan fingerprint density at radius 2 is 0.382 bits per heavy atom. The highest BCUT2D eigenvalue weighted by Gasteiger charge is 2.24. The predicted molar refractivity (Wildman–Crippen MR) is 524 cm³/mol. The normalized spacial score (nSPS) is 11.5. The first-order valence-corrected chi connectivity index (χ1v) is 42.4. The molecule has 0 N–H and O–H groups in total. The van der Waals surface area contributed by atoms with Gasteiger partial charge >= 0.3 is 0 Å². The molecule has 0 aliphatic heterocycles. The van der Waals surface area contributed by atoms with Gasteiger partial charge in [0.25, 0.3) is 0 Å². The molecule has 2 heterocycles. The summed E-state index contributed by atoms with van der Waals surface area (Å²) in [5.41, 5.74) is 32.2. The van der Waals surface area contributed by atoms with Crippen LogP contribution >= 0.6 is 0 Å². The SMILES string of the molecule is Cc1ccccc1-n1c2ccccc2c2cc(-c3ccc(N(c4ccccc4)c4ccc(-c5c6ccccc6c(-c6ccccc6)c6ccccc56)cc4)cc3)ccc21.c1ccc(-c2ccc(-n3c4ccccc4c4cc(-c5ccc(N(c6ccccc6)c6ccc(-c7c8ccccc8c(-c8ccccc8)c8ccccc78)cc6)cc5)ccc43)cc2)cc1. The van der Waals surface area contributed by atoms with Crippen LogP contribution in [0.25, 0.3) is 176 Å². The molecule has 578 valence electrons. The number of nitrogens with zero attached hydrogens (tertiary/aromatic N) is 4. The molecule has 0 saturated heterocycles. The number of para-hydroxylation sites is 5. The molecule has 0 fully saturated rings. The number of hydrogen-bond donors (Lipinski definition) is 0. The van der Waals surface area contributed by atoms with E-state index < -0.39 is 0 Å². The summed E-state index contributed by atoms with van der Waals surface area (Å²) in [5.74, 6) is 0. The van der Waals surface area contributed by atoms with Gasteiger partial charge in [0, 0.05) is 67.0 Å². The van der Waals surface area contributed by atoms with Crippen LogP contribution in [0, 0.1) is 6.92 Å². The van der Waals surface area contributed by atoms with E-state index in [4.69, 9.17) is 0 Å². The molecule has 0 spiro atoms. The molecule has 0 atom stereocenters. The molecule has 0 bridgehead atoms. The van der Waals surface area contributed by atoms with Gasteiger partial charge in [-0.3, -0.25) is 0 Å². The number of rotatable bonds is 15. The molecule has 21 aromatic carbocycles. The Bertz CT molecular complexity index is 7740. The first kappa shape index (κ1) is 73.3. The van der Waals surface area contributed by atoms with E-state index in [1.165, 1.54) is 176 Å². The van der Waals surface area contributed by atoms with Crippen LogP contribution < -0.4 is 9.80 Å². The molecular weight excluding hydrogens is 1490 g/mol. The molecular formula is C119H82N4. The molecule has 0 aliphatic rings. The van der Waals surface area contributed by atoms with E-state index in [1.54, 1.807) is 0 Å². The van der Waals surface area contributed by atoms with E-state index in [0.29, 0.717) is 0 Å². The summed E-state index contributed by atoms with van der Waals surface area (Å²) in [6, 6.07) is 174. The van der Waals surface area contributed by atoms with Gasteiger partial charge in [0.05, 0.1) is 22.1 Å². The zero-order valence-electron chi connectivity index (χ0n) is 67.9. The average molecular weight is 1570 g/mol. The summed E-state index contributed by atoms with van der Waals surface area (Å²) in [5, 5.41) is 15.1. The van der Waals surface area contributed by atoms with Gasteiger partial charge in [0.2, 0.25) is 0 Å². The fourth-order valence-corrected chi connectivity index (χ4v) is 19.0. The minimum absolute atomic E-state index is 1.10. The standard InChI is InChI=1S/C62H42N2.C57H40N2/c1-4-16-43(17-5-1)44-28-37-52(38-29-44)64-59-27-15-14-22-53(59)58-42-48(34-41-60(58)64)45-30-35-50(36-31-45)63(49-20-8-3-9-21-49)51-39-32-47(33-40-51)62-56-25-12-10-23-54(56)61(46-18-6-2-7-19-46)55-24-11-13-26-57(55)62;1-39-16-8-14-26-53(39)59-54-27-15-13-21-47(54)52-38-43(32-37-55(52)59)40-28-33-45(34-29-40)58(44-19-6-3-7-20-44)46-35-30-42(31-36-46)57-50-24-11-9-22-48(50)56(41-17-4-2-5-18-41)49-23-10-12-25-51(49)57/h1-42H;2-38H,1H3. The Morgan fingerprint density at radius 3 is 0.740 bits per heavy atom. The maximum atomic E-state index is 2.40. The molecule has 0 aliphatic carbocycles. The van der Waals surface area contributed by atoms with Gasteiger partial charge in [-0.1, -0.05) is 352 Å². The van der Waals surface area contributed by atoms with Crippen molar-refractivity contribution in [2.45, 2.75) is 6.92 Å². The maximum Gasteiger partial charge on any atom is 0.0541 e. The summed E-state index contributed by atoms with van der Waals surface area (Å²) in [4.78, 5) is 4.70. The van der Waals surface area contributed by atoms with Crippen LogP contribution in [0.3, 0.4) is 0 Å². The lowest BCUT2D eigenvalue weighted by Crippen LogP contribution is -2.09. The van der Waals surface area contributed by atoms with Gasteiger partial charge in [-0.25, -0.2) is 0 Å². The molecule has 0 radical (unpaired) electrons. The van der Waals surface area contributed by atoms with E-state index in [9.17, 15) is 0 Å². The van der Waals surface area contributed by atoms with Gasteiger partial charge in [-0.05, 0) is 261 Å². The first-order chi connectivity index (χ1) is 61.0. The monoisotopic (exact) mass is 1570 g/mol. The Hall–Kier alpha value is -16.1. The van der Waals surface area contributed by atoms with Crippen molar-refractivity contribution < 1.29 is 0 Å². The van der Waals surface area contributed by atoms with E-state index >= 15 is 0 Å². The zero-order chi connectivity index (χ0) is 81.7. The molecule has 4 nitrogen and oxygen atoms in total. The van der Waals surface area contributed by atoms with Crippen LogP contribution in [0.15, 0.2) is 479 Å². The number of aromatic nitrogens is 2. The van der Waals surface area contributed by atoms with Crippen LogP contribution in [0.1, 0.15) is 5.56 Å². The number of benzene rings is 21. The lowest BCUT2D eigenvalue weighted by Gasteiger charge is -2.26. The first-order valence-electron chi connectivity index (χ1n) is 42.4. The summed E-state index contributed by atoms with van der Waals surface area (Å²) < 4.78 is 4.79. The molecule has 123 heavy (non-hydrogen) atoms. The van der Waals surface area contributed by atoms with Gasteiger partial charge in [-0.15, -0.1) is 0 Å². The van der Waals surface area contributed by atoms with Gasteiger partial charge in [0.15, 0.2) is 0 Å². The van der Waals surface area contributed by atoms with E-state index in [0.717, 1.165) is 39.8 Å². The van der Waals surface area contributed by atoms with Crippen molar-refractivity contribution >= 4 is 121 Å². The van der Waals surface area contributed by atoms with Crippen LogP contribution in [0.5, 0.6) is 0 Å². The van der Waals surface area contributed by atoms with Crippen molar-refractivity contribution in [1.29, 1.82) is 0 Å². The van der Waals surface area contributed by atoms with Crippen LogP contribution in [0.4, 0.5) is 34.1 Å². The van der Waals surface area contributed by atoms with Gasteiger partial charge in [0.1, 0.15) is 0 Å². The molecule has 0 unspecified atom stereocenters. The molecule has 0 saturated carbocycles. The van der Waals surface area contributed by atoms with E-state index in [2.05, 4.69) is 505 Å². The second-order valence-electron chi connectivity index (χ2n) is 31.8. The summed E-state index contributed by atoms with van der Waals surface area (Å²) >= 11 is 0. The molecule has 4 heteroatoms. The third-order valence-electron chi connectivity index (χ3n) is 24.7. The maximum absolute atomic E-state index is 2.40. The van der Waals surface area contributed by atoms with Gasteiger partial charge in [-0.2, -0.15) is 0 Å². The topological polar surface area (TPSA) is 16.3 Å². The number of fused-ring (bicyclic) bond motifs is 10. The lowest BCUT2D eigenvalue weighted by molar-refractivity contribution is 1.15. The van der Waals surface area contributed by atoms with Crippen molar-refractivity contribution in [3.63, 3.8) is 0 Å². The van der Waals surface area contributed by atoms with Gasteiger partial charge < -0.3 is 18.9 Å². The number of hydrogen-bond acceptors (Lipinski definition) is 2. The number of aryl methyl sites for hydroxylation is 1. The largest absolute Gasteiger partial charge is 0.311 e. The quantitative estimate of drug-likeness (QED) is 0.0951. The van der Waals surface area contributed by atoms with Crippen molar-refractivity contribution in [2.24, 2.45) is 0 Å². The zero-order valence-corrected chi connectivity index (χ0v) is 67.9. The summed E-state index contributed by atoms with van der Waals surface area (Å²) in [7, 11) is 0. The third-order valence-corrected chi connectivity index (χ3v) is 24.7. The third kappa shape index (κ3) is 13.3. The Morgan fingerprint density at radius 1 is 0.154 bits per heavy atom. The lowest BCUT2D eigenvalue weighted by atomic mass is 9.86. The molecule has 2 aromatic heterocycles. The van der Waals surface area contributed by atoms with Crippen LogP contribution in [-0.4, -0.2) is 9.13 Å². The fourth-order valence-electron chi connectivity index (χ4n) is 19.0. The predicted octanol–water partition coefficient (Wildman–Crippen LogP) is 33.1. The fraction of sp³-hybridized carbons (Fsp3) is 0.00840. The highest BCUT2D eigenvalue weighted by atomic mass is 15.1. The van der Waals surface area contributed by atoms with E-state index in [1.807, 2.05) is 0 Å². The highest BCUT2D eigenvalue weighted by molar-refractivity contribution is 6.23. The molecule has 0 amide bonds. The van der Waals surface area contributed by atoms with Crippen molar-refractivity contribution in [1.82, 2.24) is 9.13 Å². The molecule has 23 aromatic rings. The van der Waals surface area contributed by atoms with Crippen molar-refractivity contribution in [3.8, 4) is 89.3 Å². The summed E-state index contributed by atoms with van der Waals surface area (Å²) in [6.07, 6.45) is 0. The minimum Gasteiger partial charge on any atom is -0.311 e. The average Bonchev–Trinajstić information content (AvgIpc) is 1.14. The number of anilines is 6. The van der Waals surface area contributed by atoms with Crippen molar-refractivity contribution in [3.05, 3.63) is 485 Å². The second-order valence-corrected chi connectivity index (χ2v) is 31.8. The van der Waals surface area contributed by atoms with Crippen LogP contribution in [0.2, 0.25) is 0 Å². The highest BCUT2D eigenvalue weighted by Crippen LogP contribution is 2.49. The Kier molecular flexibility index (Phi) is 18.8. The Balaban J connectivity index is 0.000000147. The van der Waals surface area contributed by atoms with Crippen LogP contribution in [-0.2, 0) is 0 Å². The minimum atomic E-state index is 1.10. The summed E-state index contributed by atoms with van der Waals surface area (Å²) in [6.45, 7) is 2.19. The second kappa shape index (κ2) is 31.6. The Labute approximate surface area is 715 Å². The smallest absolute Gasteiger partial charge is 0.0541 e. The van der Waals surface area contributed by atoms with Crippen molar-refractivity contribution in [2.75, 3.05) is 9.80 Å².